The first-order valence-electron chi connectivity index (χ1n) is 6.59. The third kappa shape index (κ3) is 2.70. The van der Waals surface area contributed by atoms with Gasteiger partial charge in [0.2, 0.25) is 0 Å². The summed E-state index contributed by atoms with van der Waals surface area (Å²) in [6.45, 7) is 1.20. The molecule has 0 saturated carbocycles. The summed E-state index contributed by atoms with van der Waals surface area (Å²) >= 11 is 0. The zero-order valence-corrected chi connectivity index (χ0v) is 10.9. The maximum atomic E-state index is 11.3. The topological polar surface area (TPSA) is 82.1 Å². The number of nitrogens with one attached hydrogen (secondary N) is 1. The van der Waals surface area contributed by atoms with Crippen LogP contribution in [0.1, 0.15) is 5.56 Å². The predicted molar refractivity (Wildman–Crippen MR) is 74.5 cm³/mol. The lowest BCUT2D eigenvalue weighted by Gasteiger charge is -2.16. The van der Waals surface area contributed by atoms with E-state index in [1.165, 1.54) is 12.4 Å². The van der Waals surface area contributed by atoms with E-state index in [1.54, 1.807) is 12.4 Å². The number of anilines is 1. The molecule has 2 aromatic rings. The minimum Gasteiger partial charge on any atom is -0.391 e. The van der Waals surface area contributed by atoms with Crippen molar-refractivity contribution in [3.8, 4) is 0 Å². The predicted octanol–water partition coefficient (Wildman–Crippen LogP) is 0.205. The third-order valence-electron chi connectivity index (χ3n) is 3.64. The van der Waals surface area contributed by atoms with E-state index in [9.17, 15) is 9.90 Å². The van der Waals surface area contributed by atoms with Crippen LogP contribution < -0.4 is 10.5 Å². The number of β-amino-alcohol motifs (C(OH)–C–C–N with tert-alkyl or cyclic N) is 1. The van der Waals surface area contributed by atoms with E-state index in [4.69, 9.17) is 0 Å². The lowest BCUT2D eigenvalue weighted by Crippen LogP contribution is -2.23. The van der Waals surface area contributed by atoms with Crippen molar-refractivity contribution in [3.05, 3.63) is 52.8 Å². The highest BCUT2D eigenvalue weighted by Crippen LogP contribution is 2.24. The van der Waals surface area contributed by atoms with Gasteiger partial charge in [-0.3, -0.25) is 9.78 Å². The molecule has 1 fully saturated rings. The molecule has 6 heteroatoms. The largest absolute Gasteiger partial charge is 0.391 e. The summed E-state index contributed by atoms with van der Waals surface area (Å²) in [5.74, 6) is 0.753. The zero-order chi connectivity index (χ0) is 13.9. The van der Waals surface area contributed by atoms with Gasteiger partial charge in [-0.15, -0.1) is 0 Å². The fourth-order valence-electron chi connectivity index (χ4n) is 2.59. The number of rotatable bonds is 3. The Kier molecular flexibility index (Phi) is 3.47. The van der Waals surface area contributed by atoms with Gasteiger partial charge in [-0.25, -0.2) is 4.98 Å². The van der Waals surface area contributed by atoms with Gasteiger partial charge in [-0.1, -0.05) is 0 Å². The summed E-state index contributed by atoms with van der Waals surface area (Å²) < 4.78 is 0. The number of aliphatic hydroxyl groups is 1. The van der Waals surface area contributed by atoms with Gasteiger partial charge in [-0.2, -0.15) is 0 Å². The first-order chi connectivity index (χ1) is 9.72. The van der Waals surface area contributed by atoms with E-state index in [1.807, 2.05) is 17.0 Å². The van der Waals surface area contributed by atoms with Crippen molar-refractivity contribution in [2.45, 2.75) is 12.5 Å². The number of nitrogens with zero attached hydrogens (tertiary/aromatic N) is 3. The molecule has 20 heavy (non-hydrogen) atoms. The van der Waals surface area contributed by atoms with Crippen LogP contribution in [0.25, 0.3) is 0 Å². The summed E-state index contributed by atoms with van der Waals surface area (Å²) in [5.41, 5.74) is 0.979. The fraction of sp³-hybridized carbons (Fsp3) is 0.357. The standard InChI is InChI=1S/C14H16N4O2/c19-12-8-18(13-6-14(20)17-9-16-13)7-11(12)5-10-1-3-15-4-2-10/h1-4,6,9,11-12,19H,5,7-8H2,(H,16,17,20)/t11-,12-/m1/s1. The second-order valence-electron chi connectivity index (χ2n) is 5.06. The van der Waals surface area contributed by atoms with Crippen LogP contribution in [0.15, 0.2) is 41.7 Å². The summed E-state index contributed by atoms with van der Waals surface area (Å²) in [5, 5.41) is 10.2. The molecule has 1 saturated heterocycles. The number of hydrogen-bond acceptors (Lipinski definition) is 5. The minimum absolute atomic E-state index is 0.137. The lowest BCUT2D eigenvalue weighted by molar-refractivity contribution is 0.148. The van der Waals surface area contributed by atoms with Crippen molar-refractivity contribution in [2.75, 3.05) is 18.0 Å². The van der Waals surface area contributed by atoms with Crippen LogP contribution in [0, 0.1) is 5.92 Å². The van der Waals surface area contributed by atoms with Gasteiger partial charge in [0.15, 0.2) is 0 Å². The molecule has 0 aliphatic carbocycles. The Labute approximate surface area is 116 Å². The maximum Gasteiger partial charge on any atom is 0.252 e. The van der Waals surface area contributed by atoms with E-state index < -0.39 is 6.10 Å². The quantitative estimate of drug-likeness (QED) is 0.834. The van der Waals surface area contributed by atoms with Crippen LogP contribution in [0.2, 0.25) is 0 Å². The van der Waals surface area contributed by atoms with E-state index in [-0.39, 0.29) is 11.5 Å². The normalized spacial score (nSPS) is 22.1. The van der Waals surface area contributed by atoms with Crippen LogP contribution in [0.3, 0.4) is 0 Å². The van der Waals surface area contributed by atoms with Gasteiger partial charge >= 0.3 is 0 Å². The van der Waals surface area contributed by atoms with Crippen LogP contribution >= 0.6 is 0 Å². The first kappa shape index (κ1) is 12.8. The number of aromatic amines is 1. The van der Waals surface area contributed by atoms with Gasteiger partial charge in [0.05, 0.1) is 12.4 Å². The Morgan fingerprint density at radius 3 is 2.90 bits per heavy atom. The smallest absolute Gasteiger partial charge is 0.252 e. The minimum atomic E-state index is -0.413. The van der Waals surface area contributed by atoms with Crippen LogP contribution in [0.4, 0.5) is 5.82 Å². The second-order valence-corrected chi connectivity index (χ2v) is 5.06. The summed E-state index contributed by atoms with van der Waals surface area (Å²) in [6.07, 6.45) is 5.28. The number of aliphatic hydroxyl groups excluding tert-OH is 1. The van der Waals surface area contributed by atoms with Crippen molar-refractivity contribution in [1.82, 2.24) is 15.0 Å². The summed E-state index contributed by atoms with van der Waals surface area (Å²) in [4.78, 5) is 23.9. The van der Waals surface area contributed by atoms with Gasteiger partial charge in [0, 0.05) is 37.5 Å². The molecule has 2 N–H and O–H groups in total. The van der Waals surface area contributed by atoms with E-state index in [0.717, 1.165) is 12.0 Å². The summed E-state index contributed by atoms with van der Waals surface area (Å²) in [6, 6.07) is 5.38. The van der Waals surface area contributed by atoms with Crippen molar-refractivity contribution in [1.29, 1.82) is 0 Å². The van der Waals surface area contributed by atoms with E-state index in [0.29, 0.717) is 18.9 Å². The van der Waals surface area contributed by atoms with Crippen LogP contribution in [-0.2, 0) is 6.42 Å². The molecule has 0 radical (unpaired) electrons. The lowest BCUT2D eigenvalue weighted by atomic mass is 9.97. The number of aromatic nitrogens is 3. The molecule has 6 nitrogen and oxygen atoms in total. The molecule has 1 aliphatic heterocycles. The molecule has 0 unspecified atom stereocenters. The average molecular weight is 272 g/mol. The van der Waals surface area contributed by atoms with Crippen LogP contribution in [0.5, 0.6) is 0 Å². The highest BCUT2D eigenvalue weighted by molar-refractivity contribution is 5.38. The molecule has 3 heterocycles. The first-order valence-corrected chi connectivity index (χ1v) is 6.59. The Morgan fingerprint density at radius 2 is 2.15 bits per heavy atom. The van der Waals surface area contributed by atoms with E-state index >= 15 is 0 Å². The van der Waals surface area contributed by atoms with Crippen molar-refractivity contribution >= 4 is 5.82 Å². The Morgan fingerprint density at radius 1 is 1.35 bits per heavy atom. The highest BCUT2D eigenvalue weighted by Gasteiger charge is 2.32. The molecular weight excluding hydrogens is 256 g/mol. The Balaban J connectivity index is 1.72. The molecule has 104 valence electrons. The molecule has 2 atom stereocenters. The maximum absolute atomic E-state index is 11.3. The number of hydrogen-bond donors (Lipinski definition) is 2. The second kappa shape index (κ2) is 5.42. The molecule has 0 spiro atoms. The molecular formula is C14H16N4O2. The fourth-order valence-corrected chi connectivity index (χ4v) is 2.59. The van der Waals surface area contributed by atoms with Gasteiger partial charge in [0.25, 0.3) is 5.56 Å². The van der Waals surface area contributed by atoms with Crippen LogP contribution in [-0.4, -0.2) is 39.3 Å². The monoisotopic (exact) mass is 272 g/mol. The van der Waals surface area contributed by atoms with Crippen molar-refractivity contribution < 1.29 is 5.11 Å². The van der Waals surface area contributed by atoms with E-state index in [2.05, 4.69) is 15.0 Å². The van der Waals surface area contributed by atoms with Crippen molar-refractivity contribution in [2.24, 2.45) is 5.92 Å². The molecule has 1 aliphatic rings. The third-order valence-corrected chi connectivity index (χ3v) is 3.64. The Bertz CT molecular complexity index is 628. The Hall–Kier alpha value is -2.21. The molecule has 3 rings (SSSR count). The average Bonchev–Trinajstić information content (AvgIpc) is 2.81. The molecule has 2 aromatic heterocycles. The number of pyridine rings is 1. The molecule has 0 amide bonds. The van der Waals surface area contributed by atoms with Gasteiger partial charge < -0.3 is 15.0 Å². The van der Waals surface area contributed by atoms with Gasteiger partial charge in [0.1, 0.15) is 5.82 Å². The number of H-pyrrole nitrogens is 1. The SMILES string of the molecule is O=c1cc(N2C[C@@H](Cc3ccncc3)[C@H](O)C2)nc[nH]1. The van der Waals surface area contributed by atoms with Gasteiger partial charge in [-0.05, 0) is 24.1 Å². The molecule has 0 bridgehead atoms. The van der Waals surface area contributed by atoms with Crippen molar-refractivity contribution in [3.63, 3.8) is 0 Å². The zero-order valence-electron chi connectivity index (χ0n) is 10.9. The summed E-state index contributed by atoms with van der Waals surface area (Å²) in [7, 11) is 0. The highest BCUT2D eigenvalue weighted by atomic mass is 16.3. The molecule has 0 aromatic carbocycles.